The topological polar surface area (TPSA) is 59.2 Å². The highest BCUT2D eigenvalue weighted by molar-refractivity contribution is 5.86. The molecule has 0 unspecified atom stereocenters. The van der Waals surface area contributed by atoms with Gasteiger partial charge in [-0.2, -0.15) is 0 Å². The number of methoxy groups -OCH3 is 1. The zero-order valence-electron chi connectivity index (χ0n) is 7.11. The Morgan fingerprint density at radius 2 is 2.38 bits per heavy atom. The van der Waals surface area contributed by atoms with E-state index >= 15 is 0 Å². The Balaban J connectivity index is 2.80. The van der Waals surface area contributed by atoms with Crippen LogP contribution in [0.3, 0.4) is 0 Å². The van der Waals surface area contributed by atoms with Crippen molar-refractivity contribution >= 4 is 12.0 Å². The fraction of sp³-hybridized carbons (Fsp3) is 0.111. The molecular formula is C9H9NO3. The maximum Gasteiger partial charge on any atom is 0.330 e. The van der Waals surface area contributed by atoms with Crippen LogP contribution in [-0.4, -0.2) is 18.1 Å². The Hall–Kier alpha value is -1.84. The molecule has 0 radical (unpaired) electrons. The van der Waals surface area contributed by atoms with E-state index in [1.807, 2.05) is 0 Å². The van der Waals surface area contributed by atoms with Gasteiger partial charge in [0.2, 0.25) is 0 Å². The van der Waals surface area contributed by atoms with Crippen molar-refractivity contribution in [1.82, 2.24) is 4.98 Å². The van der Waals surface area contributed by atoms with Crippen LogP contribution in [0.25, 0.3) is 6.08 Å². The zero-order chi connectivity index (χ0) is 9.68. The van der Waals surface area contributed by atoms with E-state index in [4.69, 9.17) is 0 Å². The van der Waals surface area contributed by atoms with Gasteiger partial charge in [0.05, 0.1) is 7.11 Å². The summed E-state index contributed by atoms with van der Waals surface area (Å²) < 4.78 is 4.38. The Bertz CT molecular complexity index is 378. The summed E-state index contributed by atoms with van der Waals surface area (Å²) >= 11 is 0. The van der Waals surface area contributed by atoms with Gasteiger partial charge in [-0.1, -0.05) is 0 Å². The summed E-state index contributed by atoms with van der Waals surface area (Å²) in [5.41, 5.74) is 0.459. The van der Waals surface area contributed by atoms with Gasteiger partial charge in [-0.3, -0.25) is 4.79 Å². The number of carbonyl (C=O) groups excluding carboxylic acids is 1. The molecule has 0 spiro atoms. The van der Waals surface area contributed by atoms with Gasteiger partial charge >= 0.3 is 5.97 Å². The molecule has 4 heteroatoms. The van der Waals surface area contributed by atoms with Crippen LogP contribution in [0.5, 0.6) is 0 Å². The number of hydrogen-bond acceptors (Lipinski definition) is 3. The lowest BCUT2D eigenvalue weighted by atomic mass is 10.3. The molecule has 0 aromatic carbocycles. The third-order valence-corrected chi connectivity index (χ3v) is 1.40. The number of aromatic nitrogens is 1. The molecule has 0 saturated carbocycles. The fourth-order valence-corrected chi connectivity index (χ4v) is 0.785. The summed E-state index contributed by atoms with van der Waals surface area (Å²) in [5, 5.41) is 0. The van der Waals surface area contributed by atoms with Crippen molar-refractivity contribution in [2.24, 2.45) is 0 Å². The molecule has 1 rings (SSSR count). The molecule has 4 nitrogen and oxygen atoms in total. The number of rotatable bonds is 2. The first-order valence-electron chi connectivity index (χ1n) is 3.67. The molecule has 0 aliphatic carbocycles. The van der Waals surface area contributed by atoms with Crippen LogP contribution in [0.4, 0.5) is 0 Å². The first kappa shape index (κ1) is 9.25. The van der Waals surface area contributed by atoms with Crippen LogP contribution in [0.15, 0.2) is 29.2 Å². The highest BCUT2D eigenvalue weighted by Crippen LogP contribution is 1.92. The number of ether oxygens (including phenoxy) is 1. The number of esters is 1. The molecule has 1 N–H and O–H groups in total. The molecule has 0 aliphatic rings. The van der Waals surface area contributed by atoms with E-state index in [0.29, 0.717) is 5.69 Å². The van der Waals surface area contributed by atoms with Gasteiger partial charge in [0.25, 0.3) is 0 Å². The quantitative estimate of drug-likeness (QED) is 0.533. The van der Waals surface area contributed by atoms with Crippen LogP contribution in [0, 0.1) is 0 Å². The van der Waals surface area contributed by atoms with Gasteiger partial charge in [0, 0.05) is 30.1 Å². The summed E-state index contributed by atoms with van der Waals surface area (Å²) in [6, 6.07) is 2.79. The van der Waals surface area contributed by atoms with Gasteiger partial charge in [-0.25, -0.2) is 4.79 Å². The second-order valence-corrected chi connectivity index (χ2v) is 2.34. The Kier molecular flexibility index (Phi) is 3.03. The maximum absolute atomic E-state index is 10.8. The number of hydrogen-bond donors (Lipinski definition) is 1. The molecule has 0 bridgehead atoms. The van der Waals surface area contributed by atoms with Crippen molar-refractivity contribution in [3.63, 3.8) is 0 Å². The third-order valence-electron chi connectivity index (χ3n) is 1.40. The first-order valence-corrected chi connectivity index (χ1v) is 3.67. The summed E-state index contributed by atoms with van der Waals surface area (Å²) in [6.07, 6.45) is 4.23. The van der Waals surface area contributed by atoms with Crippen LogP contribution in [0.2, 0.25) is 0 Å². The van der Waals surface area contributed by atoms with E-state index in [2.05, 4.69) is 9.72 Å². The normalized spacial score (nSPS) is 10.2. The zero-order valence-corrected chi connectivity index (χ0v) is 7.11. The Morgan fingerprint density at radius 1 is 1.62 bits per heavy atom. The summed E-state index contributed by atoms with van der Waals surface area (Å²) in [5.74, 6) is -0.454. The van der Waals surface area contributed by atoms with Crippen LogP contribution >= 0.6 is 0 Å². The number of H-pyrrole nitrogens is 1. The maximum atomic E-state index is 10.8. The standard InChI is InChI=1S/C9H9NO3/c1-13-9(12)3-2-7-6-8(11)4-5-10-7/h2-6H,1H3,(H,10,11). The minimum Gasteiger partial charge on any atom is -0.466 e. The SMILES string of the molecule is COC(=O)C=Cc1cc(=O)cc[nH]1. The Morgan fingerprint density at radius 3 is 3.00 bits per heavy atom. The van der Waals surface area contributed by atoms with E-state index < -0.39 is 5.97 Å². The minimum atomic E-state index is -0.454. The third kappa shape index (κ3) is 2.94. The smallest absolute Gasteiger partial charge is 0.330 e. The lowest BCUT2D eigenvalue weighted by Gasteiger charge is -1.91. The van der Waals surface area contributed by atoms with Gasteiger partial charge in [0.1, 0.15) is 0 Å². The predicted octanol–water partition coefficient (Wildman–Crippen LogP) is 0.561. The monoisotopic (exact) mass is 179 g/mol. The number of aromatic amines is 1. The van der Waals surface area contributed by atoms with Crippen LogP contribution in [-0.2, 0) is 9.53 Å². The molecule has 0 amide bonds. The average molecular weight is 179 g/mol. The Labute approximate surface area is 74.9 Å². The van der Waals surface area contributed by atoms with Gasteiger partial charge < -0.3 is 9.72 Å². The van der Waals surface area contributed by atoms with E-state index in [1.165, 1.54) is 37.6 Å². The fourth-order valence-electron chi connectivity index (χ4n) is 0.785. The summed E-state index contributed by atoms with van der Waals surface area (Å²) in [4.78, 5) is 24.3. The van der Waals surface area contributed by atoms with E-state index in [0.717, 1.165) is 0 Å². The summed E-state index contributed by atoms with van der Waals surface area (Å²) in [6.45, 7) is 0. The first-order chi connectivity index (χ1) is 6.22. The van der Waals surface area contributed by atoms with Crippen molar-refractivity contribution < 1.29 is 9.53 Å². The molecule has 68 valence electrons. The predicted molar refractivity (Wildman–Crippen MR) is 48.1 cm³/mol. The van der Waals surface area contributed by atoms with Gasteiger partial charge in [-0.05, 0) is 6.08 Å². The molecule has 0 fully saturated rings. The lowest BCUT2D eigenvalue weighted by Crippen LogP contribution is -1.98. The number of nitrogens with one attached hydrogen (secondary N) is 1. The number of pyridine rings is 1. The average Bonchev–Trinajstić information content (AvgIpc) is 2.14. The molecule has 0 atom stereocenters. The molecule has 0 aliphatic heterocycles. The highest BCUT2D eigenvalue weighted by Gasteiger charge is 1.91. The second-order valence-electron chi connectivity index (χ2n) is 2.34. The highest BCUT2D eigenvalue weighted by atomic mass is 16.5. The molecule has 1 aromatic heterocycles. The van der Waals surface area contributed by atoms with Crippen molar-refractivity contribution in [3.8, 4) is 0 Å². The van der Waals surface area contributed by atoms with E-state index in [9.17, 15) is 9.59 Å². The summed E-state index contributed by atoms with van der Waals surface area (Å²) in [7, 11) is 1.29. The van der Waals surface area contributed by atoms with Crippen LogP contribution in [0.1, 0.15) is 5.69 Å². The molecular weight excluding hydrogens is 170 g/mol. The van der Waals surface area contributed by atoms with Gasteiger partial charge in [0.15, 0.2) is 5.43 Å². The largest absolute Gasteiger partial charge is 0.466 e. The molecule has 1 aromatic rings. The second kappa shape index (κ2) is 4.25. The molecule has 13 heavy (non-hydrogen) atoms. The van der Waals surface area contributed by atoms with Crippen molar-refractivity contribution in [2.45, 2.75) is 0 Å². The molecule has 1 heterocycles. The minimum absolute atomic E-state index is 0.108. The van der Waals surface area contributed by atoms with Gasteiger partial charge in [-0.15, -0.1) is 0 Å². The number of carbonyl (C=O) groups is 1. The van der Waals surface area contributed by atoms with Crippen molar-refractivity contribution in [3.05, 3.63) is 40.3 Å². The van der Waals surface area contributed by atoms with E-state index in [-0.39, 0.29) is 5.43 Å². The lowest BCUT2D eigenvalue weighted by molar-refractivity contribution is -0.134. The van der Waals surface area contributed by atoms with Crippen LogP contribution < -0.4 is 5.43 Å². The van der Waals surface area contributed by atoms with E-state index in [1.54, 1.807) is 0 Å². The molecule has 0 saturated heterocycles. The van der Waals surface area contributed by atoms with Crippen molar-refractivity contribution in [2.75, 3.05) is 7.11 Å². The van der Waals surface area contributed by atoms with Crippen molar-refractivity contribution in [1.29, 1.82) is 0 Å².